The summed E-state index contributed by atoms with van der Waals surface area (Å²) in [5, 5.41) is 2.12. The summed E-state index contributed by atoms with van der Waals surface area (Å²) < 4.78 is 1.48. The highest BCUT2D eigenvalue weighted by molar-refractivity contribution is 7.98. The monoisotopic (exact) mass is 377 g/mol. The Morgan fingerprint density at radius 3 is 2.50 bits per heavy atom. The second-order valence-electron chi connectivity index (χ2n) is 5.05. The van der Waals surface area contributed by atoms with Crippen molar-refractivity contribution in [2.75, 3.05) is 6.26 Å². The van der Waals surface area contributed by atoms with Crippen LogP contribution in [0.15, 0.2) is 40.9 Å². The van der Waals surface area contributed by atoms with Gasteiger partial charge in [0.25, 0.3) is 5.56 Å². The molecule has 0 N–H and O–H groups in total. The van der Waals surface area contributed by atoms with Gasteiger partial charge in [-0.3, -0.25) is 9.36 Å². The first-order valence-electron chi connectivity index (χ1n) is 7.00. The number of hydrogen-bond donors (Lipinski definition) is 0. The standard InChI is InChI=1S/C17H13Cl2N3OS/c1-4-9-10-8-20-17(24-3)21-15(10)22(2)16(23)13(9)14-11(18)6-5-7-12(14)19/h4-8H,1H2,2-3H3. The Kier molecular flexibility index (Phi) is 4.67. The van der Waals surface area contributed by atoms with Crippen molar-refractivity contribution in [3.05, 3.63) is 56.9 Å². The number of rotatable bonds is 3. The highest BCUT2D eigenvalue weighted by Gasteiger charge is 2.20. The number of fused-ring (bicyclic) bond motifs is 1. The van der Waals surface area contributed by atoms with E-state index >= 15 is 0 Å². The third kappa shape index (κ3) is 2.62. The molecule has 0 spiro atoms. The summed E-state index contributed by atoms with van der Waals surface area (Å²) in [5.41, 5.74) is 1.82. The number of pyridine rings is 1. The van der Waals surface area contributed by atoms with Gasteiger partial charge < -0.3 is 0 Å². The summed E-state index contributed by atoms with van der Waals surface area (Å²) in [6.07, 6.45) is 5.19. The van der Waals surface area contributed by atoms with E-state index in [2.05, 4.69) is 16.5 Å². The van der Waals surface area contributed by atoms with E-state index in [9.17, 15) is 4.79 Å². The molecule has 0 bridgehead atoms. The van der Waals surface area contributed by atoms with E-state index in [1.807, 2.05) is 6.26 Å². The van der Waals surface area contributed by atoms with Gasteiger partial charge in [-0.05, 0) is 24.0 Å². The van der Waals surface area contributed by atoms with E-state index in [0.29, 0.717) is 37.5 Å². The Hall–Kier alpha value is -1.82. The zero-order chi connectivity index (χ0) is 17.4. The first-order chi connectivity index (χ1) is 11.5. The number of hydrogen-bond acceptors (Lipinski definition) is 4. The second-order valence-corrected chi connectivity index (χ2v) is 6.64. The van der Waals surface area contributed by atoms with Crippen molar-refractivity contribution in [1.29, 1.82) is 0 Å². The van der Waals surface area contributed by atoms with Crippen LogP contribution in [0.5, 0.6) is 0 Å². The fourth-order valence-electron chi connectivity index (χ4n) is 2.61. The van der Waals surface area contributed by atoms with Crippen LogP contribution in [0.2, 0.25) is 10.0 Å². The van der Waals surface area contributed by atoms with Crippen LogP contribution in [-0.2, 0) is 7.05 Å². The molecule has 3 aromatic rings. The topological polar surface area (TPSA) is 47.8 Å². The maximum absolute atomic E-state index is 13.0. The minimum atomic E-state index is -0.238. The minimum absolute atomic E-state index is 0.238. The van der Waals surface area contributed by atoms with Crippen LogP contribution in [0, 0.1) is 0 Å². The smallest absolute Gasteiger partial charge is 0.260 e. The summed E-state index contributed by atoms with van der Waals surface area (Å²) in [7, 11) is 1.67. The van der Waals surface area contributed by atoms with Crippen LogP contribution in [0.25, 0.3) is 28.2 Å². The SMILES string of the molecule is C=Cc1c(-c2c(Cl)cccc2Cl)c(=O)n(C)c2nc(SC)ncc12. The van der Waals surface area contributed by atoms with E-state index < -0.39 is 0 Å². The van der Waals surface area contributed by atoms with E-state index in [1.54, 1.807) is 37.5 Å². The molecule has 0 unspecified atom stereocenters. The molecule has 0 amide bonds. The molecule has 0 saturated heterocycles. The number of thioether (sulfide) groups is 1. The van der Waals surface area contributed by atoms with Gasteiger partial charge in [-0.25, -0.2) is 9.97 Å². The molecular weight excluding hydrogens is 365 g/mol. The average Bonchev–Trinajstić information content (AvgIpc) is 2.58. The van der Waals surface area contributed by atoms with Crippen LogP contribution in [-0.4, -0.2) is 20.8 Å². The normalized spacial score (nSPS) is 11.0. The summed E-state index contributed by atoms with van der Waals surface area (Å²) in [5.74, 6) is 0. The molecule has 0 fully saturated rings. The lowest BCUT2D eigenvalue weighted by Gasteiger charge is -2.15. The van der Waals surface area contributed by atoms with Crippen molar-refractivity contribution >= 4 is 52.1 Å². The molecule has 2 heterocycles. The Balaban J connectivity index is 2.53. The number of nitrogens with zero attached hydrogens (tertiary/aromatic N) is 3. The van der Waals surface area contributed by atoms with Crippen LogP contribution in [0.1, 0.15) is 5.56 Å². The summed E-state index contributed by atoms with van der Waals surface area (Å²) in [6.45, 7) is 3.84. The maximum atomic E-state index is 13.0. The molecular formula is C17H13Cl2N3OS. The van der Waals surface area contributed by atoms with E-state index in [1.165, 1.54) is 16.3 Å². The predicted octanol–water partition coefficient (Wildman–Crippen LogP) is 4.67. The lowest BCUT2D eigenvalue weighted by atomic mass is 9.98. The molecule has 122 valence electrons. The molecule has 4 nitrogen and oxygen atoms in total. The molecule has 0 radical (unpaired) electrons. The first kappa shape index (κ1) is 17.0. The van der Waals surface area contributed by atoms with Crippen molar-refractivity contribution in [3.63, 3.8) is 0 Å². The molecule has 24 heavy (non-hydrogen) atoms. The third-order valence-corrected chi connectivity index (χ3v) is 4.93. The van der Waals surface area contributed by atoms with Crippen molar-refractivity contribution in [1.82, 2.24) is 14.5 Å². The Bertz CT molecular complexity index is 1010. The number of benzene rings is 1. The Morgan fingerprint density at radius 1 is 1.25 bits per heavy atom. The molecule has 0 saturated carbocycles. The summed E-state index contributed by atoms with van der Waals surface area (Å²) in [4.78, 5) is 21.7. The van der Waals surface area contributed by atoms with Crippen LogP contribution >= 0.6 is 35.0 Å². The van der Waals surface area contributed by atoms with Crippen molar-refractivity contribution in [2.24, 2.45) is 7.05 Å². The van der Waals surface area contributed by atoms with Crippen LogP contribution < -0.4 is 5.56 Å². The number of halogens is 2. The van der Waals surface area contributed by atoms with Gasteiger partial charge in [0.15, 0.2) is 5.16 Å². The van der Waals surface area contributed by atoms with Gasteiger partial charge in [-0.2, -0.15) is 0 Å². The van der Waals surface area contributed by atoms with Gasteiger partial charge in [0.05, 0.1) is 15.6 Å². The minimum Gasteiger partial charge on any atom is -0.295 e. The third-order valence-electron chi connectivity index (χ3n) is 3.74. The van der Waals surface area contributed by atoms with E-state index in [4.69, 9.17) is 23.2 Å². The van der Waals surface area contributed by atoms with Gasteiger partial charge >= 0.3 is 0 Å². The van der Waals surface area contributed by atoms with Gasteiger partial charge in [-0.15, -0.1) is 0 Å². The molecule has 3 rings (SSSR count). The maximum Gasteiger partial charge on any atom is 0.260 e. The summed E-state index contributed by atoms with van der Waals surface area (Å²) in [6, 6.07) is 5.14. The highest BCUT2D eigenvalue weighted by atomic mass is 35.5. The second kappa shape index (κ2) is 6.59. The van der Waals surface area contributed by atoms with Crippen LogP contribution in [0.4, 0.5) is 0 Å². The zero-order valence-corrected chi connectivity index (χ0v) is 15.3. The quantitative estimate of drug-likeness (QED) is 0.491. The lowest BCUT2D eigenvalue weighted by Crippen LogP contribution is -2.22. The number of aromatic nitrogens is 3. The molecule has 2 aromatic heterocycles. The number of aryl methyl sites for hydroxylation is 1. The molecule has 0 aliphatic carbocycles. The average molecular weight is 378 g/mol. The molecule has 0 aliphatic rings. The molecule has 0 aliphatic heterocycles. The Labute approximate surface area is 153 Å². The van der Waals surface area contributed by atoms with Gasteiger partial charge in [0.2, 0.25) is 0 Å². The van der Waals surface area contributed by atoms with Gasteiger partial charge in [0.1, 0.15) is 5.65 Å². The van der Waals surface area contributed by atoms with E-state index in [0.717, 1.165) is 5.39 Å². The van der Waals surface area contributed by atoms with Crippen molar-refractivity contribution < 1.29 is 0 Å². The van der Waals surface area contributed by atoms with Crippen molar-refractivity contribution in [3.8, 4) is 11.1 Å². The lowest BCUT2D eigenvalue weighted by molar-refractivity contribution is 0.861. The largest absolute Gasteiger partial charge is 0.295 e. The fraction of sp³-hybridized carbons (Fsp3) is 0.118. The molecule has 1 aromatic carbocycles. The van der Waals surface area contributed by atoms with Gasteiger partial charge in [-0.1, -0.05) is 53.7 Å². The van der Waals surface area contributed by atoms with Gasteiger partial charge in [0, 0.05) is 24.2 Å². The van der Waals surface area contributed by atoms with E-state index in [-0.39, 0.29) is 5.56 Å². The molecule has 7 heteroatoms. The van der Waals surface area contributed by atoms with Crippen LogP contribution in [0.3, 0.4) is 0 Å². The Morgan fingerprint density at radius 2 is 1.92 bits per heavy atom. The molecule has 0 atom stereocenters. The van der Waals surface area contributed by atoms with Crippen molar-refractivity contribution in [2.45, 2.75) is 5.16 Å². The highest BCUT2D eigenvalue weighted by Crippen LogP contribution is 2.37. The fourth-order valence-corrected chi connectivity index (χ4v) is 3.53. The predicted molar refractivity (Wildman–Crippen MR) is 102 cm³/mol. The first-order valence-corrected chi connectivity index (χ1v) is 8.98. The summed E-state index contributed by atoms with van der Waals surface area (Å²) >= 11 is 14.0. The zero-order valence-electron chi connectivity index (χ0n) is 13.0.